The smallest absolute Gasteiger partial charge is 0.274 e. The van der Waals surface area contributed by atoms with Crippen molar-refractivity contribution in [1.29, 1.82) is 0 Å². The second kappa shape index (κ2) is 7.28. The number of benzene rings is 1. The van der Waals surface area contributed by atoms with Gasteiger partial charge in [0.25, 0.3) is 5.69 Å². The van der Waals surface area contributed by atoms with E-state index in [0.29, 0.717) is 17.0 Å². The van der Waals surface area contributed by atoms with Gasteiger partial charge in [-0.05, 0) is 26.8 Å². The molecule has 0 saturated carbocycles. The minimum absolute atomic E-state index is 0.00817. The van der Waals surface area contributed by atoms with E-state index in [-0.39, 0.29) is 17.3 Å². The first-order chi connectivity index (χ1) is 10.9. The van der Waals surface area contributed by atoms with E-state index in [1.165, 1.54) is 17.8 Å². The molecule has 8 heteroatoms. The van der Waals surface area contributed by atoms with Crippen LogP contribution in [0.4, 0.5) is 11.4 Å². The number of nitro benzene ring substituents is 1. The van der Waals surface area contributed by atoms with Crippen molar-refractivity contribution in [3.8, 4) is 0 Å². The van der Waals surface area contributed by atoms with E-state index in [4.69, 9.17) is 4.52 Å². The number of carbonyl (C=O) groups is 1. The van der Waals surface area contributed by atoms with Crippen LogP contribution >= 0.6 is 11.8 Å². The third-order valence-electron chi connectivity index (χ3n) is 3.44. The van der Waals surface area contributed by atoms with Crippen LogP contribution in [-0.2, 0) is 10.5 Å². The van der Waals surface area contributed by atoms with Crippen LogP contribution in [0, 0.1) is 30.9 Å². The normalized spacial score (nSPS) is 10.6. The zero-order valence-electron chi connectivity index (χ0n) is 13.1. The fourth-order valence-corrected chi connectivity index (χ4v) is 3.07. The number of hydrogen-bond donors (Lipinski definition) is 1. The Morgan fingerprint density at radius 1 is 1.39 bits per heavy atom. The number of aromatic nitrogens is 1. The zero-order chi connectivity index (χ0) is 17.0. The van der Waals surface area contributed by atoms with Gasteiger partial charge in [-0.15, -0.1) is 11.8 Å². The number of nitrogens with one attached hydrogen (secondary N) is 1. The minimum Gasteiger partial charge on any atom is -0.361 e. The molecule has 0 unspecified atom stereocenters. The number of aryl methyl sites for hydroxylation is 2. The number of hydrogen-bond acceptors (Lipinski definition) is 6. The zero-order valence-corrected chi connectivity index (χ0v) is 13.9. The van der Waals surface area contributed by atoms with Crippen LogP contribution in [0.2, 0.25) is 0 Å². The number of nitro groups is 1. The summed E-state index contributed by atoms with van der Waals surface area (Å²) in [6.07, 6.45) is 0. The third kappa shape index (κ3) is 4.10. The van der Waals surface area contributed by atoms with Gasteiger partial charge in [0.05, 0.1) is 27.6 Å². The summed E-state index contributed by atoms with van der Waals surface area (Å²) < 4.78 is 5.07. The first-order valence-electron chi connectivity index (χ1n) is 6.93. The van der Waals surface area contributed by atoms with Crippen LogP contribution in [0.5, 0.6) is 0 Å². The highest BCUT2D eigenvalue weighted by Gasteiger charge is 2.15. The van der Waals surface area contributed by atoms with Crippen molar-refractivity contribution in [1.82, 2.24) is 5.16 Å². The molecule has 122 valence electrons. The number of amides is 1. The molecule has 2 aromatic rings. The first-order valence-corrected chi connectivity index (χ1v) is 8.09. The number of rotatable bonds is 6. The van der Waals surface area contributed by atoms with Crippen molar-refractivity contribution in [3.05, 3.63) is 50.9 Å². The molecule has 1 aromatic heterocycles. The molecule has 0 saturated heterocycles. The molecule has 0 radical (unpaired) electrons. The van der Waals surface area contributed by atoms with Crippen molar-refractivity contribution < 1.29 is 14.2 Å². The molecule has 2 rings (SSSR count). The number of anilines is 1. The predicted octanol–water partition coefficient (Wildman–Crippen LogP) is 3.38. The standard InChI is InChI=1S/C15H17N3O4S/c1-9-13(5-4-6-14(9)18(20)21)16-15(19)8-23-7-12-10(2)17-22-11(12)3/h4-6H,7-8H2,1-3H3,(H,16,19). The lowest BCUT2D eigenvalue weighted by atomic mass is 10.1. The molecule has 1 N–H and O–H groups in total. The summed E-state index contributed by atoms with van der Waals surface area (Å²) in [7, 11) is 0. The van der Waals surface area contributed by atoms with Crippen molar-refractivity contribution in [3.63, 3.8) is 0 Å². The predicted molar refractivity (Wildman–Crippen MR) is 88.6 cm³/mol. The van der Waals surface area contributed by atoms with Crippen molar-refractivity contribution in [2.24, 2.45) is 0 Å². The maximum atomic E-state index is 12.0. The van der Waals surface area contributed by atoms with E-state index in [1.807, 2.05) is 13.8 Å². The summed E-state index contributed by atoms with van der Waals surface area (Å²) in [5, 5.41) is 17.5. The van der Waals surface area contributed by atoms with Gasteiger partial charge in [0.2, 0.25) is 5.91 Å². The molecule has 23 heavy (non-hydrogen) atoms. The van der Waals surface area contributed by atoms with Crippen LogP contribution in [-0.4, -0.2) is 21.7 Å². The lowest BCUT2D eigenvalue weighted by Crippen LogP contribution is -2.15. The number of nitrogens with zero attached hydrogens (tertiary/aromatic N) is 2. The molecule has 7 nitrogen and oxygen atoms in total. The summed E-state index contributed by atoms with van der Waals surface area (Å²) in [5.41, 5.74) is 2.72. The van der Waals surface area contributed by atoms with Crippen LogP contribution in [0.3, 0.4) is 0 Å². The average molecular weight is 335 g/mol. The highest BCUT2D eigenvalue weighted by Crippen LogP contribution is 2.25. The largest absolute Gasteiger partial charge is 0.361 e. The fraction of sp³-hybridized carbons (Fsp3) is 0.333. The maximum Gasteiger partial charge on any atom is 0.274 e. The van der Waals surface area contributed by atoms with Crippen LogP contribution in [0.25, 0.3) is 0 Å². The topological polar surface area (TPSA) is 98.3 Å². The van der Waals surface area contributed by atoms with Crippen molar-refractivity contribution >= 4 is 29.0 Å². The fourth-order valence-electron chi connectivity index (χ4n) is 2.10. The van der Waals surface area contributed by atoms with Gasteiger partial charge < -0.3 is 9.84 Å². The second-order valence-corrected chi connectivity index (χ2v) is 6.04. The molecule has 0 spiro atoms. The van der Waals surface area contributed by atoms with E-state index < -0.39 is 4.92 Å². The molecule has 0 atom stereocenters. The molecule has 0 bridgehead atoms. The molecule has 0 aliphatic rings. The summed E-state index contributed by atoms with van der Waals surface area (Å²) in [4.78, 5) is 22.4. The van der Waals surface area contributed by atoms with Gasteiger partial charge in [-0.1, -0.05) is 11.2 Å². The summed E-state index contributed by atoms with van der Waals surface area (Å²) in [6, 6.07) is 4.62. The van der Waals surface area contributed by atoms with Gasteiger partial charge in [0.1, 0.15) is 5.76 Å². The lowest BCUT2D eigenvalue weighted by molar-refractivity contribution is -0.385. The molecule has 1 amide bonds. The van der Waals surface area contributed by atoms with Gasteiger partial charge in [-0.25, -0.2) is 0 Å². The van der Waals surface area contributed by atoms with Gasteiger partial charge in [0, 0.05) is 17.4 Å². The van der Waals surface area contributed by atoms with Crippen molar-refractivity contribution in [2.45, 2.75) is 26.5 Å². The van der Waals surface area contributed by atoms with Gasteiger partial charge in [-0.3, -0.25) is 14.9 Å². The Hall–Kier alpha value is -2.35. The highest BCUT2D eigenvalue weighted by molar-refractivity contribution is 7.99. The molecule has 1 heterocycles. The summed E-state index contributed by atoms with van der Waals surface area (Å²) >= 11 is 1.44. The Morgan fingerprint density at radius 3 is 2.74 bits per heavy atom. The molecule has 0 fully saturated rings. The Balaban J connectivity index is 1.93. The monoisotopic (exact) mass is 335 g/mol. The van der Waals surface area contributed by atoms with E-state index in [1.54, 1.807) is 19.1 Å². The minimum atomic E-state index is -0.461. The first kappa shape index (κ1) is 17.0. The molecule has 1 aromatic carbocycles. The third-order valence-corrected chi connectivity index (χ3v) is 4.40. The average Bonchev–Trinajstić information content (AvgIpc) is 2.81. The number of carbonyl (C=O) groups excluding carboxylic acids is 1. The molecule has 0 aliphatic carbocycles. The Labute approximate surface area is 137 Å². The van der Waals surface area contributed by atoms with Crippen molar-refractivity contribution in [2.75, 3.05) is 11.1 Å². The Morgan fingerprint density at radius 2 is 2.13 bits per heavy atom. The summed E-state index contributed by atoms with van der Waals surface area (Å²) in [5.74, 6) is 1.42. The van der Waals surface area contributed by atoms with E-state index in [0.717, 1.165) is 17.0 Å². The van der Waals surface area contributed by atoms with Gasteiger partial charge in [-0.2, -0.15) is 0 Å². The lowest BCUT2D eigenvalue weighted by Gasteiger charge is -2.08. The number of thioether (sulfide) groups is 1. The second-order valence-electron chi connectivity index (χ2n) is 5.05. The van der Waals surface area contributed by atoms with E-state index in [9.17, 15) is 14.9 Å². The molecular formula is C15H17N3O4S. The maximum absolute atomic E-state index is 12.0. The summed E-state index contributed by atoms with van der Waals surface area (Å²) in [6.45, 7) is 5.31. The van der Waals surface area contributed by atoms with Gasteiger partial charge in [0.15, 0.2) is 0 Å². The van der Waals surface area contributed by atoms with Crippen LogP contribution in [0.1, 0.15) is 22.6 Å². The van der Waals surface area contributed by atoms with Gasteiger partial charge >= 0.3 is 0 Å². The van der Waals surface area contributed by atoms with Crippen LogP contribution in [0.15, 0.2) is 22.7 Å². The Kier molecular flexibility index (Phi) is 5.38. The van der Waals surface area contributed by atoms with E-state index in [2.05, 4.69) is 10.5 Å². The quantitative estimate of drug-likeness (QED) is 0.642. The SMILES string of the molecule is Cc1noc(C)c1CSCC(=O)Nc1cccc([N+](=O)[O-])c1C. The molecule has 0 aliphatic heterocycles. The van der Waals surface area contributed by atoms with E-state index >= 15 is 0 Å². The Bertz CT molecular complexity index is 723. The highest BCUT2D eigenvalue weighted by atomic mass is 32.2. The molecular weight excluding hydrogens is 318 g/mol. The van der Waals surface area contributed by atoms with Crippen LogP contribution < -0.4 is 5.32 Å².